The van der Waals surface area contributed by atoms with Crippen LogP contribution in [0.2, 0.25) is 10.0 Å². The molecule has 182 valence electrons. The van der Waals surface area contributed by atoms with E-state index in [4.69, 9.17) is 23.2 Å². The molecule has 1 saturated heterocycles. The van der Waals surface area contributed by atoms with Gasteiger partial charge in [-0.3, -0.25) is 0 Å². The Bertz CT molecular complexity index is 724. The third kappa shape index (κ3) is 9.07. The van der Waals surface area contributed by atoms with Crippen LogP contribution in [0.5, 0.6) is 0 Å². The fraction of sp³-hybridized carbons (Fsp3) is 0.667. The van der Waals surface area contributed by atoms with E-state index in [1.54, 1.807) is 17.0 Å². The Morgan fingerprint density at radius 3 is 2.34 bits per heavy atom. The second-order valence-corrected chi connectivity index (χ2v) is 9.24. The molecule has 0 aromatic heterocycles. The molecule has 0 bridgehead atoms. The van der Waals surface area contributed by atoms with Crippen LogP contribution in [0, 0.1) is 5.92 Å². The third-order valence-corrected chi connectivity index (χ3v) is 6.60. The minimum absolute atomic E-state index is 0. The third-order valence-electron chi connectivity index (χ3n) is 6.01. The molecule has 3 rings (SSSR count). The maximum atomic E-state index is 12.4. The second-order valence-electron chi connectivity index (χ2n) is 8.39. The summed E-state index contributed by atoms with van der Waals surface area (Å²) in [5.74, 6) is 0.276. The van der Waals surface area contributed by atoms with E-state index in [0.29, 0.717) is 36.2 Å². The summed E-state index contributed by atoms with van der Waals surface area (Å²) in [5.41, 5.74) is 0.831. The lowest BCUT2D eigenvalue weighted by Gasteiger charge is -2.22. The van der Waals surface area contributed by atoms with Gasteiger partial charge in [-0.15, -0.1) is 0 Å². The van der Waals surface area contributed by atoms with Crippen LogP contribution in [-0.2, 0) is 6.54 Å². The van der Waals surface area contributed by atoms with Gasteiger partial charge in [-0.25, -0.2) is 9.59 Å². The maximum absolute atomic E-state index is 12.4. The van der Waals surface area contributed by atoms with Crippen LogP contribution in [-0.4, -0.2) is 42.6 Å². The van der Waals surface area contributed by atoms with Crippen molar-refractivity contribution in [1.29, 1.82) is 0 Å². The summed E-state index contributed by atoms with van der Waals surface area (Å²) in [6.45, 7) is 2.28. The van der Waals surface area contributed by atoms with Gasteiger partial charge in [0.15, 0.2) is 0 Å². The molecule has 4 amide bonds. The summed E-state index contributed by atoms with van der Waals surface area (Å²) in [7, 11) is 0. The lowest BCUT2D eigenvalue weighted by atomic mass is 9.97. The largest absolute Gasteiger partial charge is 0.338 e. The molecule has 3 N–H and O–H groups in total. The first kappa shape index (κ1) is 28.4. The molecule has 1 heterocycles. The quantitative estimate of drug-likeness (QED) is 0.462. The Morgan fingerprint density at radius 1 is 0.969 bits per heavy atom. The molecule has 1 aromatic carbocycles. The highest BCUT2D eigenvalue weighted by atomic mass is 35.5. The molecule has 1 saturated carbocycles. The lowest BCUT2D eigenvalue weighted by molar-refractivity contribution is 0.206. The molecule has 1 aromatic rings. The number of benzene rings is 1. The number of rotatable bonds is 5. The van der Waals surface area contributed by atoms with Gasteiger partial charge in [-0.05, 0) is 42.9 Å². The normalized spacial score (nSPS) is 19.1. The van der Waals surface area contributed by atoms with Crippen LogP contribution in [0.3, 0.4) is 0 Å². The number of carbonyl (C=O) groups excluding carboxylic acids is 2. The molecule has 6 nitrogen and oxygen atoms in total. The zero-order valence-electron chi connectivity index (χ0n) is 17.4. The van der Waals surface area contributed by atoms with Crippen molar-refractivity contribution in [3.05, 3.63) is 33.8 Å². The number of nitrogens with one attached hydrogen (secondary N) is 3. The van der Waals surface area contributed by atoms with Crippen molar-refractivity contribution in [1.82, 2.24) is 20.9 Å². The maximum Gasteiger partial charge on any atom is 0.317 e. The molecule has 1 unspecified atom stereocenters. The number of amides is 4. The van der Waals surface area contributed by atoms with Gasteiger partial charge in [0.05, 0.1) is 0 Å². The van der Waals surface area contributed by atoms with Crippen LogP contribution in [0.4, 0.5) is 9.59 Å². The van der Waals surface area contributed by atoms with Crippen molar-refractivity contribution in [2.24, 2.45) is 5.92 Å². The van der Waals surface area contributed by atoms with E-state index in [9.17, 15) is 9.59 Å². The summed E-state index contributed by atoms with van der Waals surface area (Å²) < 4.78 is 0. The van der Waals surface area contributed by atoms with Gasteiger partial charge in [0.2, 0.25) is 0 Å². The smallest absolute Gasteiger partial charge is 0.317 e. The predicted octanol–water partition coefficient (Wildman–Crippen LogP) is 6.21. The number of urea groups is 2. The standard InChI is InChI=1S/C22H32Cl2N4O2.2CH4/c23-18-9-8-17(20(24)12-18)14-26-22(30)28-11-10-16(15-28)13-25-21(29)27-19-6-4-2-1-3-5-7-19;;/h8-9,12,16,19H,1-7,10-11,13-15H2,(H,26,30)(H2,25,27,29);2*1H4. The van der Waals surface area contributed by atoms with Gasteiger partial charge < -0.3 is 20.9 Å². The predicted molar refractivity (Wildman–Crippen MR) is 134 cm³/mol. The molecule has 8 heteroatoms. The molecule has 1 atom stereocenters. The minimum Gasteiger partial charge on any atom is -0.338 e. The highest BCUT2D eigenvalue weighted by molar-refractivity contribution is 6.35. The van der Waals surface area contributed by atoms with E-state index in [2.05, 4.69) is 16.0 Å². The molecular weight excluding hydrogens is 447 g/mol. The first-order valence-electron chi connectivity index (χ1n) is 11.0. The van der Waals surface area contributed by atoms with Crippen molar-refractivity contribution < 1.29 is 9.59 Å². The van der Waals surface area contributed by atoms with Gasteiger partial charge in [0.1, 0.15) is 0 Å². The Kier molecular flexibility index (Phi) is 12.8. The summed E-state index contributed by atoms with van der Waals surface area (Å²) in [5, 5.41) is 10.2. The van der Waals surface area contributed by atoms with E-state index in [1.807, 2.05) is 6.07 Å². The van der Waals surface area contributed by atoms with Gasteiger partial charge in [-0.1, -0.05) is 76.2 Å². The van der Waals surface area contributed by atoms with Crippen molar-refractivity contribution in [3.63, 3.8) is 0 Å². The van der Waals surface area contributed by atoms with Gasteiger partial charge in [0.25, 0.3) is 0 Å². The summed E-state index contributed by atoms with van der Waals surface area (Å²) in [6.07, 6.45) is 9.27. The molecular formula is C24H40Cl2N4O2. The molecule has 32 heavy (non-hydrogen) atoms. The highest BCUT2D eigenvalue weighted by Crippen LogP contribution is 2.21. The first-order chi connectivity index (χ1) is 14.5. The number of hydrogen-bond acceptors (Lipinski definition) is 2. The van der Waals surface area contributed by atoms with Gasteiger partial charge in [-0.2, -0.15) is 0 Å². The molecule has 2 fully saturated rings. The molecule has 1 aliphatic carbocycles. The van der Waals surface area contributed by atoms with Gasteiger partial charge >= 0.3 is 12.1 Å². The lowest BCUT2D eigenvalue weighted by Crippen LogP contribution is -2.44. The molecule has 0 spiro atoms. The monoisotopic (exact) mass is 486 g/mol. The van der Waals surface area contributed by atoms with Crippen molar-refractivity contribution in [3.8, 4) is 0 Å². The van der Waals surface area contributed by atoms with Crippen molar-refractivity contribution >= 4 is 35.3 Å². The second kappa shape index (κ2) is 14.5. The van der Waals surface area contributed by atoms with E-state index >= 15 is 0 Å². The van der Waals surface area contributed by atoms with Crippen LogP contribution in [0.15, 0.2) is 18.2 Å². The topological polar surface area (TPSA) is 73.5 Å². The highest BCUT2D eigenvalue weighted by Gasteiger charge is 2.26. The SMILES string of the molecule is C.C.O=C(NCC1CCN(C(=O)NCc2ccc(Cl)cc2Cl)C1)NC1CCCCCCC1. The summed E-state index contributed by atoms with van der Waals surface area (Å²) in [6, 6.07) is 5.34. The average Bonchev–Trinajstić information content (AvgIpc) is 3.17. The zero-order chi connectivity index (χ0) is 21.3. The van der Waals surface area contributed by atoms with Crippen molar-refractivity contribution in [2.45, 2.75) is 78.8 Å². The number of halogens is 2. The molecule has 2 aliphatic rings. The number of nitrogens with zero attached hydrogens (tertiary/aromatic N) is 1. The summed E-state index contributed by atoms with van der Waals surface area (Å²) in [4.78, 5) is 26.5. The Morgan fingerprint density at radius 2 is 1.66 bits per heavy atom. The Balaban J connectivity index is 0.00000256. The van der Waals surface area contributed by atoms with Crippen LogP contribution in [0.25, 0.3) is 0 Å². The van der Waals surface area contributed by atoms with E-state index in [0.717, 1.165) is 24.8 Å². The Hall–Kier alpha value is -1.66. The van der Waals surface area contributed by atoms with Crippen LogP contribution >= 0.6 is 23.2 Å². The van der Waals surface area contributed by atoms with Crippen molar-refractivity contribution in [2.75, 3.05) is 19.6 Å². The average molecular weight is 488 g/mol. The minimum atomic E-state index is -0.109. The number of hydrogen-bond donors (Lipinski definition) is 3. The van der Waals surface area contributed by atoms with Gasteiger partial charge in [0, 0.05) is 42.3 Å². The molecule has 1 aliphatic heterocycles. The zero-order valence-corrected chi connectivity index (χ0v) is 18.9. The first-order valence-corrected chi connectivity index (χ1v) is 11.8. The van der Waals surface area contributed by atoms with Crippen LogP contribution < -0.4 is 16.0 Å². The van der Waals surface area contributed by atoms with Crippen LogP contribution in [0.1, 0.15) is 71.8 Å². The van der Waals surface area contributed by atoms with E-state index < -0.39 is 0 Å². The number of likely N-dealkylation sites (tertiary alicyclic amines) is 1. The summed E-state index contributed by atoms with van der Waals surface area (Å²) >= 11 is 12.1. The van der Waals surface area contributed by atoms with E-state index in [1.165, 1.54) is 32.1 Å². The fourth-order valence-electron chi connectivity index (χ4n) is 4.21. The number of carbonyl (C=O) groups is 2. The fourth-order valence-corrected chi connectivity index (χ4v) is 4.68. The Labute approximate surface area is 203 Å². The van der Waals surface area contributed by atoms with E-state index in [-0.39, 0.29) is 38.9 Å². The molecule has 0 radical (unpaired) electrons.